The van der Waals surface area contributed by atoms with Gasteiger partial charge in [0, 0.05) is 29.6 Å². The molecule has 4 nitrogen and oxygen atoms in total. The quantitative estimate of drug-likeness (QED) is 0.850. The highest BCUT2D eigenvalue weighted by molar-refractivity contribution is 9.10. The molecule has 0 aliphatic carbocycles. The zero-order valence-corrected chi connectivity index (χ0v) is 13.8. The van der Waals surface area contributed by atoms with Crippen LogP contribution in [0.5, 0.6) is 0 Å². The van der Waals surface area contributed by atoms with Gasteiger partial charge in [-0.25, -0.2) is 21.9 Å². The molecular formula is C13H16BrF2NO3S. The smallest absolute Gasteiger partial charge is 0.244 e. The molecule has 118 valence electrons. The summed E-state index contributed by atoms with van der Waals surface area (Å²) in [5.74, 6) is -1.90. The molecule has 2 unspecified atom stereocenters. The van der Waals surface area contributed by atoms with E-state index in [2.05, 4.69) is 20.7 Å². The number of ether oxygens (including phenoxy) is 1. The van der Waals surface area contributed by atoms with Crippen LogP contribution >= 0.6 is 15.9 Å². The Labute approximate surface area is 131 Å². The van der Waals surface area contributed by atoms with Crippen LogP contribution in [0.25, 0.3) is 0 Å². The Morgan fingerprint density at radius 2 is 2.14 bits per heavy atom. The van der Waals surface area contributed by atoms with Gasteiger partial charge in [-0.3, -0.25) is 0 Å². The minimum absolute atomic E-state index is 0.00852. The molecule has 21 heavy (non-hydrogen) atoms. The standard InChI is InChI=1S/C13H16BrF2NO3S/c1-2-12-8(3-4-20-12)7-17-21(18,19)13-10(14)5-9(15)6-11(13)16/h5-6,8,12,17H,2-4,7H2,1H3. The van der Waals surface area contributed by atoms with Gasteiger partial charge in [-0.1, -0.05) is 6.92 Å². The summed E-state index contributed by atoms with van der Waals surface area (Å²) in [4.78, 5) is -0.573. The molecule has 2 rings (SSSR count). The third-order valence-corrected chi connectivity index (χ3v) is 5.90. The molecule has 0 bridgehead atoms. The SMILES string of the molecule is CCC1OCCC1CNS(=O)(=O)c1c(F)cc(F)cc1Br. The van der Waals surface area contributed by atoms with Gasteiger partial charge in [-0.05, 0) is 34.8 Å². The molecular weight excluding hydrogens is 368 g/mol. The summed E-state index contributed by atoms with van der Waals surface area (Å²) >= 11 is 2.89. The van der Waals surface area contributed by atoms with E-state index in [0.717, 1.165) is 18.9 Å². The van der Waals surface area contributed by atoms with Crippen molar-refractivity contribution in [3.63, 3.8) is 0 Å². The van der Waals surface area contributed by atoms with E-state index in [4.69, 9.17) is 4.74 Å². The van der Waals surface area contributed by atoms with Crippen molar-refractivity contribution in [2.75, 3.05) is 13.2 Å². The van der Waals surface area contributed by atoms with Crippen LogP contribution in [0.1, 0.15) is 19.8 Å². The molecule has 1 saturated heterocycles. The molecule has 1 fully saturated rings. The maximum Gasteiger partial charge on any atom is 0.244 e. The lowest BCUT2D eigenvalue weighted by Gasteiger charge is -2.17. The van der Waals surface area contributed by atoms with Gasteiger partial charge < -0.3 is 4.74 Å². The molecule has 1 aliphatic rings. The van der Waals surface area contributed by atoms with E-state index in [0.29, 0.717) is 12.7 Å². The van der Waals surface area contributed by atoms with Crippen molar-refractivity contribution in [2.45, 2.75) is 30.8 Å². The van der Waals surface area contributed by atoms with Gasteiger partial charge in [0.25, 0.3) is 0 Å². The van der Waals surface area contributed by atoms with Crippen LogP contribution in [-0.4, -0.2) is 27.7 Å². The Kier molecular flexibility index (Phi) is 5.34. The van der Waals surface area contributed by atoms with Crippen molar-refractivity contribution >= 4 is 26.0 Å². The van der Waals surface area contributed by atoms with Crippen molar-refractivity contribution in [3.05, 3.63) is 28.2 Å². The molecule has 8 heteroatoms. The van der Waals surface area contributed by atoms with E-state index in [9.17, 15) is 17.2 Å². The highest BCUT2D eigenvalue weighted by Gasteiger charge is 2.30. The average Bonchev–Trinajstić information content (AvgIpc) is 2.82. The monoisotopic (exact) mass is 383 g/mol. The Hall–Kier alpha value is -0.570. The van der Waals surface area contributed by atoms with Crippen LogP contribution in [0.2, 0.25) is 0 Å². The molecule has 0 amide bonds. The predicted octanol–water partition coefficient (Wildman–Crippen LogP) is 2.82. The molecule has 2 atom stereocenters. The van der Waals surface area contributed by atoms with Crippen molar-refractivity contribution in [1.82, 2.24) is 4.72 Å². The number of hydrogen-bond donors (Lipinski definition) is 1. The average molecular weight is 384 g/mol. The van der Waals surface area contributed by atoms with Gasteiger partial charge >= 0.3 is 0 Å². The maximum absolute atomic E-state index is 13.7. The molecule has 1 aliphatic heterocycles. The summed E-state index contributed by atoms with van der Waals surface area (Å²) in [5.41, 5.74) is 0. The van der Waals surface area contributed by atoms with Gasteiger partial charge in [0.05, 0.1) is 6.10 Å². The molecule has 0 saturated carbocycles. The third-order valence-electron chi connectivity index (χ3n) is 3.52. The van der Waals surface area contributed by atoms with Gasteiger partial charge in [0.1, 0.15) is 16.5 Å². The molecule has 1 heterocycles. The number of nitrogens with one attached hydrogen (secondary N) is 1. The normalized spacial score (nSPS) is 22.7. The van der Waals surface area contributed by atoms with Crippen LogP contribution in [0.15, 0.2) is 21.5 Å². The Balaban J connectivity index is 2.16. The molecule has 0 radical (unpaired) electrons. The second-order valence-corrected chi connectivity index (χ2v) is 7.47. The first kappa shape index (κ1) is 16.8. The Morgan fingerprint density at radius 1 is 1.43 bits per heavy atom. The second kappa shape index (κ2) is 6.68. The first-order valence-corrected chi connectivity index (χ1v) is 8.88. The fourth-order valence-corrected chi connectivity index (χ4v) is 4.71. The van der Waals surface area contributed by atoms with Gasteiger partial charge in [0.2, 0.25) is 10.0 Å². The number of hydrogen-bond acceptors (Lipinski definition) is 3. The van der Waals surface area contributed by atoms with Crippen molar-refractivity contribution < 1.29 is 21.9 Å². The van der Waals surface area contributed by atoms with E-state index < -0.39 is 26.6 Å². The Morgan fingerprint density at radius 3 is 2.76 bits per heavy atom. The van der Waals surface area contributed by atoms with E-state index in [1.807, 2.05) is 6.92 Å². The number of halogens is 3. The largest absolute Gasteiger partial charge is 0.378 e. The fraction of sp³-hybridized carbons (Fsp3) is 0.538. The Bertz CT molecular complexity index is 601. The first-order valence-electron chi connectivity index (χ1n) is 6.61. The van der Waals surface area contributed by atoms with Crippen molar-refractivity contribution in [2.24, 2.45) is 5.92 Å². The maximum atomic E-state index is 13.7. The molecule has 0 aromatic heterocycles. The molecule has 1 N–H and O–H groups in total. The number of rotatable bonds is 5. The topological polar surface area (TPSA) is 55.4 Å². The van der Waals surface area contributed by atoms with Crippen LogP contribution in [0, 0.1) is 17.6 Å². The summed E-state index contributed by atoms with van der Waals surface area (Å²) in [7, 11) is -4.05. The molecule has 1 aromatic carbocycles. The predicted molar refractivity (Wildman–Crippen MR) is 77.4 cm³/mol. The highest BCUT2D eigenvalue weighted by atomic mass is 79.9. The van der Waals surface area contributed by atoms with Crippen molar-refractivity contribution in [1.29, 1.82) is 0 Å². The van der Waals surface area contributed by atoms with Gasteiger partial charge in [-0.15, -0.1) is 0 Å². The zero-order valence-electron chi connectivity index (χ0n) is 11.4. The van der Waals surface area contributed by atoms with Gasteiger partial charge in [0.15, 0.2) is 0 Å². The zero-order chi connectivity index (χ0) is 15.6. The number of sulfonamides is 1. The van der Waals surface area contributed by atoms with Crippen LogP contribution in [0.4, 0.5) is 8.78 Å². The van der Waals surface area contributed by atoms with Crippen molar-refractivity contribution in [3.8, 4) is 0 Å². The minimum atomic E-state index is -4.05. The van der Waals surface area contributed by atoms with E-state index in [-0.39, 0.29) is 23.0 Å². The minimum Gasteiger partial charge on any atom is -0.378 e. The summed E-state index contributed by atoms with van der Waals surface area (Å²) in [6, 6.07) is 1.47. The van der Waals surface area contributed by atoms with E-state index >= 15 is 0 Å². The van der Waals surface area contributed by atoms with Crippen LogP contribution < -0.4 is 4.72 Å². The lowest BCUT2D eigenvalue weighted by atomic mass is 10.0. The number of benzene rings is 1. The first-order chi connectivity index (χ1) is 9.85. The summed E-state index contributed by atoms with van der Waals surface area (Å²) in [6.07, 6.45) is 1.56. The second-order valence-electron chi connectivity index (χ2n) is 4.92. The lowest BCUT2D eigenvalue weighted by molar-refractivity contribution is 0.0884. The van der Waals surface area contributed by atoms with Gasteiger partial charge in [-0.2, -0.15) is 0 Å². The molecule has 1 aromatic rings. The van der Waals surface area contributed by atoms with E-state index in [1.54, 1.807) is 0 Å². The van der Waals surface area contributed by atoms with E-state index in [1.165, 1.54) is 0 Å². The van der Waals surface area contributed by atoms with Crippen LogP contribution in [-0.2, 0) is 14.8 Å². The third kappa shape index (κ3) is 3.80. The highest BCUT2D eigenvalue weighted by Crippen LogP contribution is 2.27. The van der Waals surface area contributed by atoms with Crippen LogP contribution in [0.3, 0.4) is 0 Å². The summed E-state index contributed by atoms with van der Waals surface area (Å²) in [5, 5.41) is 0. The fourth-order valence-electron chi connectivity index (χ4n) is 2.45. The molecule has 0 spiro atoms. The lowest BCUT2D eigenvalue weighted by Crippen LogP contribution is -2.33. The summed E-state index contributed by atoms with van der Waals surface area (Å²) in [6.45, 7) is 2.73. The summed E-state index contributed by atoms with van der Waals surface area (Å²) < 4.78 is 58.9.